The Bertz CT molecular complexity index is 309. The van der Waals surface area contributed by atoms with Crippen molar-refractivity contribution >= 4 is 39.2 Å². The molecule has 4 nitrogen and oxygen atoms in total. The Morgan fingerprint density at radius 3 is 2.58 bits per heavy atom. The molecule has 0 aromatic carbocycles. The Kier molecular flexibility index (Phi) is 4.09. The van der Waals surface area contributed by atoms with E-state index in [9.17, 15) is 8.42 Å². The predicted molar refractivity (Wildman–Crippen MR) is 53.2 cm³/mol. The molecular formula is C5H9ClN2O2S2. The fraction of sp³-hybridized carbons (Fsp3) is 0.400. The number of nitrogens with one attached hydrogen (secondary N) is 1. The predicted octanol–water partition coefficient (Wildman–Crippen LogP) is 0.695. The second-order valence-corrected chi connectivity index (χ2v) is 5.31. The van der Waals surface area contributed by atoms with Gasteiger partial charge in [0.1, 0.15) is 0 Å². The van der Waals surface area contributed by atoms with Crippen LogP contribution in [0.2, 0.25) is 0 Å². The van der Waals surface area contributed by atoms with E-state index >= 15 is 0 Å². The number of thioether (sulfide) groups is 1. The van der Waals surface area contributed by atoms with Gasteiger partial charge in [-0.25, -0.2) is 8.42 Å². The van der Waals surface area contributed by atoms with Gasteiger partial charge in [0.15, 0.2) is 15.0 Å². The van der Waals surface area contributed by atoms with Gasteiger partial charge < -0.3 is 5.73 Å². The molecule has 1 aliphatic heterocycles. The molecule has 0 saturated heterocycles. The Hall–Kier alpha value is -0.200. The zero-order valence-corrected chi connectivity index (χ0v) is 8.56. The molecular weight excluding hydrogens is 220 g/mol. The maximum absolute atomic E-state index is 10.8. The third-order valence-electron chi connectivity index (χ3n) is 1.19. The van der Waals surface area contributed by atoms with Crippen molar-refractivity contribution in [2.24, 2.45) is 5.73 Å². The van der Waals surface area contributed by atoms with E-state index < -0.39 is 9.84 Å². The van der Waals surface area contributed by atoms with Gasteiger partial charge in [-0.3, -0.25) is 5.41 Å². The third kappa shape index (κ3) is 3.46. The van der Waals surface area contributed by atoms with Crippen LogP contribution in [0.25, 0.3) is 0 Å². The van der Waals surface area contributed by atoms with Gasteiger partial charge in [0, 0.05) is 10.3 Å². The molecule has 12 heavy (non-hydrogen) atoms. The summed E-state index contributed by atoms with van der Waals surface area (Å²) in [6, 6.07) is 0. The van der Waals surface area contributed by atoms with Gasteiger partial charge in [0.05, 0.1) is 5.75 Å². The molecule has 1 heterocycles. The molecule has 3 N–H and O–H groups in total. The van der Waals surface area contributed by atoms with Crippen molar-refractivity contribution in [3.8, 4) is 0 Å². The van der Waals surface area contributed by atoms with Crippen molar-refractivity contribution in [3.05, 3.63) is 10.3 Å². The number of nitrogens with two attached hydrogens (primary N) is 1. The number of hydrogen-bond acceptors (Lipinski definition) is 4. The summed E-state index contributed by atoms with van der Waals surface area (Å²) in [5.74, 6) is 0.155. The number of allylic oxidation sites excluding steroid dienone is 1. The quantitative estimate of drug-likeness (QED) is 0.511. The minimum Gasteiger partial charge on any atom is -0.378 e. The molecule has 0 aliphatic carbocycles. The van der Waals surface area contributed by atoms with Gasteiger partial charge in [-0.2, -0.15) is 0 Å². The van der Waals surface area contributed by atoms with Gasteiger partial charge >= 0.3 is 0 Å². The summed E-state index contributed by atoms with van der Waals surface area (Å²) in [6.45, 7) is 0. The summed E-state index contributed by atoms with van der Waals surface area (Å²) >= 11 is 1.01. The van der Waals surface area contributed by atoms with E-state index in [1.54, 1.807) is 0 Å². The average Bonchev–Trinajstić information content (AvgIpc) is 2.08. The molecule has 1 rings (SSSR count). The highest BCUT2D eigenvalue weighted by molar-refractivity contribution is 8.17. The van der Waals surface area contributed by atoms with Gasteiger partial charge in [-0.1, -0.05) is 11.8 Å². The molecule has 0 saturated carbocycles. The van der Waals surface area contributed by atoms with E-state index in [1.807, 2.05) is 0 Å². The van der Waals surface area contributed by atoms with Crippen LogP contribution in [0.4, 0.5) is 0 Å². The molecule has 1 aliphatic rings. The van der Waals surface area contributed by atoms with E-state index in [1.165, 1.54) is 5.41 Å². The van der Waals surface area contributed by atoms with Crippen LogP contribution in [0.1, 0.15) is 6.42 Å². The molecule has 0 bridgehead atoms. The second kappa shape index (κ2) is 4.15. The summed E-state index contributed by atoms with van der Waals surface area (Å²) in [7, 11) is -2.98. The first-order valence-corrected chi connectivity index (χ1v) is 5.48. The standard InChI is InChI=1S/C5H8N2O2S2.ClH/c6-5(7)10-4-1-2-11(8,9)3-4;/h3H,1-2H2,(H3,6,7);1H. The summed E-state index contributed by atoms with van der Waals surface area (Å²) < 4.78 is 21.6. The fourth-order valence-electron chi connectivity index (χ4n) is 0.777. The summed E-state index contributed by atoms with van der Waals surface area (Å²) in [6.07, 6.45) is 0.493. The van der Waals surface area contributed by atoms with Crippen LogP contribution in [0.5, 0.6) is 0 Å². The molecule has 0 fully saturated rings. The molecule has 0 radical (unpaired) electrons. The molecule has 0 aromatic rings. The van der Waals surface area contributed by atoms with Crippen LogP contribution in [-0.4, -0.2) is 19.3 Å². The molecule has 0 unspecified atom stereocenters. The number of sulfone groups is 1. The Balaban J connectivity index is 0.00000121. The first-order chi connectivity index (χ1) is 4.99. The summed E-state index contributed by atoms with van der Waals surface area (Å²) in [4.78, 5) is 0.664. The van der Waals surface area contributed by atoms with Crippen LogP contribution >= 0.6 is 24.2 Å². The van der Waals surface area contributed by atoms with E-state index in [2.05, 4.69) is 0 Å². The van der Waals surface area contributed by atoms with E-state index in [0.717, 1.165) is 11.8 Å². The fourth-order valence-corrected chi connectivity index (χ4v) is 3.17. The van der Waals surface area contributed by atoms with Crippen LogP contribution in [0, 0.1) is 5.41 Å². The smallest absolute Gasteiger partial charge is 0.172 e. The van der Waals surface area contributed by atoms with E-state index in [0.29, 0.717) is 11.3 Å². The first-order valence-electron chi connectivity index (χ1n) is 2.95. The van der Waals surface area contributed by atoms with Crippen LogP contribution in [0.15, 0.2) is 10.3 Å². The van der Waals surface area contributed by atoms with Crippen molar-refractivity contribution in [3.63, 3.8) is 0 Å². The molecule has 70 valence electrons. The van der Waals surface area contributed by atoms with Crippen molar-refractivity contribution < 1.29 is 8.42 Å². The maximum atomic E-state index is 10.8. The lowest BCUT2D eigenvalue weighted by molar-refractivity contribution is 0.606. The van der Waals surface area contributed by atoms with Crippen LogP contribution in [0.3, 0.4) is 0 Å². The van der Waals surface area contributed by atoms with Gasteiger partial charge in [-0.05, 0) is 6.42 Å². The maximum Gasteiger partial charge on any atom is 0.172 e. The van der Waals surface area contributed by atoms with Gasteiger partial charge in [0.2, 0.25) is 0 Å². The van der Waals surface area contributed by atoms with E-state index in [-0.39, 0.29) is 23.3 Å². The second-order valence-electron chi connectivity index (χ2n) is 2.17. The first kappa shape index (κ1) is 11.8. The monoisotopic (exact) mass is 228 g/mol. The van der Waals surface area contributed by atoms with Crippen LogP contribution in [-0.2, 0) is 9.84 Å². The third-order valence-corrected chi connectivity index (χ3v) is 3.56. The largest absolute Gasteiger partial charge is 0.378 e. The topological polar surface area (TPSA) is 84.0 Å². The molecule has 7 heteroatoms. The number of hydrogen-bond donors (Lipinski definition) is 2. The highest BCUT2D eigenvalue weighted by Gasteiger charge is 2.18. The zero-order valence-electron chi connectivity index (χ0n) is 6.11. The van der Waals surface area contributed by atoms with Crippen LogP contribution < -0.4 is 5.73 Å². The van der Waals surface area contributed by atoms with Gasteiger partial charge in [-0.15, -0.1) is 12.4 Å². The van der Waals surface area contributed by atoms with Crippen molar-refractivity contribution in [2.75, 3.05) is 5.75 Å². The van der Waals surface area contributed by atoms with Gasteiger partial charge in [0.25, 0.3) is 0 Å². The van der Waals surface area contributed by atoms with E-state index in [4.69, 9.17) is 11.1 Å². The molecule has 0 spiro atoms. The minimum absolute atomic E-state index is 0. The molecule has 0 aromatic heterocycles. The summed E-state index contributed by atoms with van der Waals surface area (Å²) in [5.41, 5.74) is 5.07. The average molecular weight is 229 g/mol. The summed E-state index contributed by atoms with van der Waals surface area (Å²) in [5, 5.41) is 8.03. The lowest BCUT2D eigenvalue weighted by Gasteiger charge is -1.94. The van der Waals surface area contributed by atoms with Crippen molar-refractivity contribution in [2.45, 2.75) is 6.42 Å². The number of amidine groups is 1. The highest BCUT2D eigenvalue weighted by Crippen LogP contribution is 2.26. The number of halogens is 1. The Labute approximate surface area is 81.4 Å². The minimum atomic E-state index is -2.98. The molecule has 0 atom stereocenters. The SMILES string of the molecule is Cl.N=C(N)SC1=CS(=O)(=O)CC1. The molecule has 0 amide bonds. The number of rotatable bonds is 1. The Morgan fingerprint density at radius 1 is 1.67 bits per heavy atom. The van der Waals surface area contributed by atoms with Crippen molar-refractivity contribution in [1.82, 2.24) is 0 Å². The lowest BCUT2D eigenvalue weighted by Crippen LogP contribution is -2.03. The lowest BCUT2D eigenvalue weighted by atomic mass is 10.5. The van der Waals surface area contributed by atoms with Crippen molar-refractivity contribution in [1.29, 1.82) is 5.41 Å². The zero-order chi connectivity index (χ0) is 8.48. The highest BCUT2D eigenvalue weighted by atomic mass is 35.5. The Morgan fingerprint density at radius 2 is 2.25 bits per heavy atom. The normalized spacial score (nSPS) is 19.5.